The first-order valence-corrected chi connectivity index (χ1v) is 8.18. The van der Waals surface area contributed by atoms with E-state index in [2.05, 4.69) is 10.3 Å². The van der Waals surface area contributed by atoms with Gasteiger partial charge in [-0.15, -0.1) is 0 Å². The van der Waals surface area contributed by atoms with Crippen molar-refractivity contribution in [3.8, 4) is 0 Å². The van der Waals surface area contributed by atoms with E-state index in [-0.39, 0.29) is 12.1 Å². The van der Waals surface area contributed by atoms with Gasteiger partial charge in [-0.05, 0) is 52.9 Å². The summed E-state index contributed by atoms with van der Waals surface area (Å²) < 4.78 is 5.35. The zero-order chi connectivity index (χ0) is 16.8. The Kier molecular flexibility index (Phi) is 6.97. The highest BCUT2D eigenvalue weighted by Gasteiger charge is 2.22. The largest absolute Gasteiger partial charge is 0.444 e. The Hall–Kier alpha value is -1.46. The predicted octanol–water partition coefficient (Wildman–Crippen LogP) is 2.34. The molecule has 1 unspecified atom stereocenters. The van der Waals surface area contributed by atoms with Crippen molar-refractivity contribution >= 4 is 12.1 Å². The Balaban J connectivity index is 2.23. The van der Waals surface area contributed by atoms with E-state index < -0.39 is 5.60 Å². The molecule has 0 bridgehead atoms. The minimum Gasteiger partial charge on any atom is -0.444 e. The van der Waals surface area contributed by atoms with Crippen LogP contribution in [0.25, 0.3) is 0 Å². The molecule has 0 aromatic heterocycles. The van der Waals surface area contributed by atoms with Crippen molar-refractivity contribution < 1.29 is 9.53 Å². The fourth-order valence-electron chi connectivity index (χ4n) is 2.08. The van der Waals surface area contributed by atoms with Gasteiger partial charge < -0.3 is 20.7 Å². The number of hydrogen-bond donors (Lipinski definition) is 2. The number of amides is 1. The van der Waals surface area contributed by atoms with Crippen LogP contribution in [0.3, 0.4) is 0 Å². The average molecular weight is 312 g/mol. The van der Waals surface area contributed by atoms with Crippen molar-refractivity contribution in [3.05, 3.63) is 0 Å². The highest BCUT2D eigenvalue weighted by Crippen LogP contribution is 2.26. The first-order chi connectivity index (χ1) is 10.2. The van der Waals surface area contributed by atoms with E-state index in [1.54, 1.807) is 11.9 Å². The monoisotopic (exact) mass is 312 g/mol. The molecule has 22 heavy (non-hydrogen) atoms. The molecule has 1 saturated carbocycles. The summed E-state index contributed by atoms with van der Waals surface area (Å²) in [5.74, 6) is 1.22. The van der Waals surface area contributed by atoms with E-state index in [4.69, 9.17) is 10.5 Å². The Morgan fingerprint density at radius 2 is 2.09 bits per heavy atom. The van der Waals surface area contributed by atoms with Gasteiger partial charge in [-0.1, -0.05) is 6.42 Å². The topological polar surface area (TPSA) is 80.0 Å². The van der Waals surface area contributed by atoms with Crippen LogP contribution in [0.1, 0.15) is 53.4 Å². The minimum absolute atomic E-state index is 0.0711. The Morgan fingerprint density at radius 3 is 2.59 bits per heavy atom. The van der Waals surface area contributed by atoms with E-state index in [0.717, 1.165) is 18.9 Å². The van der Waals surface area contributed by atoms with Gasteiger partial charge in [-0.2, -0.15) is 0 Å². The summed E-state index contributed by atoms with van der Waals surface area (Å²) >= 11 is 0. The Morgan fingerprint density at radius 1 is 1.45 bits per heavy atom. The smallest absolute Gasteiger partial charge is 0.410 e. The summed E-state index contributed by atoms with van der Waals surface area (Å²) in [4.78, 5) is 17.9. The number of guanidine groups is 1. The maximum absolute atomic E-state index is 11.9. The molecule has 0 aromatic rings. The number of carbonyl (C=O) groups is 1. The fraction of sp³-hybridized carbons (Fsp3) is 0.875. The van der Waals surface area contributed by atoms with E-state index in [0.29, 0.717) is 12.5 Å². The van der Waals surface area contributed by atoms with Gasteiger partial charge in [-0.3, -0.25) is 4.99 Å². The zero-order valence-electron chi connectivity index (χ0n) is 14.7. The summed E-state index contributed by atoms with van der Waals surface area (Å²) in [7, 11) is 1.76. The van der Waals surface area contributed by atoms with Gasteiger partial charge in [0.15, 0.2) is 5.96 Å². The number of hydrogen-bond acceptors (Lipinski definition) is 3. The molecule has 1 rings (SSSR count). The van der Waals surface area contributed by atoms with Crippen molar-refractivity contribution in [2.24, 2.45) is 16.6 Å². The third-order valence-electron chi connectivity index (χ3n) is 3.96. The van der Waals surface area contributed by atoms with E-state index in [1.165, 1.54) is 19.3 Å². The summed E-state index contributed by atoms with van der Waals surface area (Å²) in [5, 5.41) is 3.11. The molecule has 0 aliphatic heterocycles. The number of ether oxygens (including phenoxy) is 1. The first kappa shape index (κ1) is 18.6. The number of aliphatic imine (C=N–C) groups is 1. The van der Waals surface area contributed by atoms with Gasteiger partial charge in [0.25, 0.3) is 0 Å². The molecule has 1 fully saturated rings. The maximum atomic E-state index is 11.9. The number of nitrogens with one attached hydrogen (secondary N) is 1. The van der Waals surface area contributed by atoms with Crippen molar-refractivity contribution in [1.29, 1.82) is 0 Å². The lowest BCUT2D eigenvalue weighted by atomic mass is 9.86. The molecule has 6 nitrogen and oxygen atoms in total. The summed E-state index contributed by atoms with van der Waals surface area (Å²) in [5.41, 5.74) is 5.37. The van der Waals surface area contributed by atoms with Crippen LogP contribution < -0.4 is 11.1 Å². The fourth-order valence-corrected chi connectivity index (χ4v) is 2.08. The SMILES string of the molecule is CC(CCNC(N)=NCC1CCC1)N(C)C(=O)OC(C)(C)C. The lowest BCUT2D eigenvalue weighted by Gasteiger charge is -2.28. The normalized spacial score (nSPS) is 17.6. The molecular formula is C16H32N4O2. The van der Waals surface area contributed by atoms with Crippen LogP contribution in [0.15, 0.2) is 4.99 Å². The number of nitrogens with zero attached hydrogens (tertiary/aromatic N) is 2. The molecule has 0 radical (unpaired) electrons. The highest BCUT2D eigenvalue weighted by molar-refractivity contribution is 5.77. The predicted molar refractivity (Wildman–Crippen MR) is 89.9 cm³/mol. The number of rotatable bonds is 6. The summed E-state index contributed by atoms with van der Waals surface area (Å²) in [6.07, 6.45) is 4.35. The van der Waals surface area contributed by atoms with Crippen molar-refractivity contribution in [2.45, 2.75) is 65.0 Å². The molecule has 0 heterocycles. The van der Waals surface area contributed by atoms with Crippen LogP contribution in [0.2, 0.25) is 0 Å². The van der Waals surface area contributed by atoms with E-state index >= 15 is 0 Å². The third kappa shape index (κ3) is 7.00. The van der Waals surface area contributed by atoms with E-state index in [1.807, 2.05) is 27.7 Å². The van der Waals surface area contributed by atoms with Crippen LogP contribution in [-0.2, 0) is 4.74 Å². The summed E-state index contributed by atoms with van der Waals surface area (Å²) in [6.45, 7) is 9.10. The molecule has 1 aliphatic carbocycles. The van der Waals surface area contributed by atoms with Gasteiger partial charge in [0.1, 0.15) is 5.60 Å². The maximum Gasteiger partial charge on any atom is 0.410 e. The average Bonchev–Trinajstić information content (AvgIpc) is 2.33. The van der Waals surface area contributed by atoms with Crippen LogP contribution >= 0.6 is 0 Å². The van der Waals surface area contributed by atoms with Gasteiger partial charge >= 0.3 is 6.09 Å². The Labute approximate surface area is 134 Å². The molecule has 3 N–H and O–H groups in total. The number of nitrogens with two attached hydrogens (primary N) is 1. The highest BCUT2D eigenvalue weighted by atomic mass is 16.6. The molecular weight excluding hydrogens is 280 g/mol. The second kappa shape index (κ2) is 8.25. The molecule has 0 saturated heterocycles. The lowest BCUT2D eigenvalue weighted by Crippen LogP contribution is -2.41. The molecule has 6 heteroatoms. The molecule has 1 aliphatic rings. The number of carbonyl (C=O) groups excluding carboxylic acids is 1. The van der Waals surface area contributed by atoms with Gasteiger partial charge in [0.2, 0.25) is 0 Å². The lowest BCUT2D eigenvalue weighted by molar-refractivity contribution is 0.0231. The van der Waals surface area contributed by atoms with Crippen molar-refractivity contribution in [2.75, 3.05) is 20.1 Å². The second-order valence-electron chi connectivity index (χ2n) is 7.18. The van der Waals surface area contributed by atoms with Crippen LogP contribution in [0.5, 0.6) is 0 Å². The molecule has 0 aromatic carbocycles. The van der Waals surface area contributed by atoms with Gasteiger partial charge in [0.05, 0.1) is 0 Å². The van der Waals surface area contributed by atoms with Crippen LogP contribution in [-0.4, -0.2) is 48.7 Å². The second-order valence-corrected chi connectivity index (χ2v) is 7.18. The molecule has 0 spiro atoms. The molecule has 1 amide bonds. The Bertz CT molecular complexity index is 386. The van der Waals surface area contributed by atoms with Crippen molar-refractivity contribution in [3.63, 3.8) is 0 Å². The minimum atomic E-state index is -0.470. The van der Waals surface area contributed by atoms with Gasteiger partial charge in [0, 0.05) is 26.2 Å². The summed E-state index contributed by atoms with van der Waals surface area (Å²) in [6, 6.07) is 0.0711. The van der Waals surface area contributed by atoms with Crippen molar-refractivity contribution in [1.82, 2.24) is 10.2 Å². The van der Waals surface area contributed by atoms with Crippen LogP contribution in [0.4, 0.5) is 4.79 Å². The molecule has 1 atom stereocenters. The zero-order valence-corrected chi connectivity index (χ0v) is 14.7. The van der Waals surface area contributed by atoms with E-state index in [9.17, 15) is 4.79 Å². The van der Waals surface area contributed by atoms with Crippen LogP contribution in [0, 0.1) is 5.92 Å². The first-order valence-electron chi connectivity index (χ1n) is 8.18. The standard InChI is InChI=1S/C16H32N4O2/c1-12(20(5)15(21)22-16(2,3)4)9-10-18-14(17)19-11-13-7-6-8-13/h12-13H,6-11H2,1-5H3,(H3,17,18,19). The molecule has 128 valence electrons. The quantitative estimate of drug-likeness (QED) is 0.583. The van der Waals surface area contributed by atoms with Gasteiger partial charge in [-0.25, -0.2) is 4.79 Å². The third-order valence-corrected chi connectivity index (χ3v) is 3.96.